The highest BCUT2D eigenvalue weighted by Gasteiger charge is 2.50. The summed E-state index contributed by atoms with van der Waals surface area (Å²) in [5, 5.41) is 12.3. The van der Waals surface area contributed by atoms with Gasteiger partial charge in [-0.1, -0.05) is 42.8 Å². The summed E-state index contributed by atoms with van der Waals surface area (Å²) in [6.45, 7) is 5.93. The molecule has 53 heavy (non-hydrogen) atoms. The minimum Gasteiger partial charge on any atom is -0.481 e. The van der Waals surface area contributed by atoms with Gasteiger partial charge < -0.3 is 39.5 Å². The van der Waals surface area contributed by atoms with E-state index in [1.807, 2.05) is 0 Å². The molecule has 288 valence electrons. The predicted molar refractivity (Wildman–Crippen MR) is 194 cm³/mol. The third kappa shape index (κ3) is 10.0. The van der Waals surface area contributed by atoms with Crippen molar-refractivity contribution in [1.29, 1.82) is 0 Å². The van der Waals surface area contributed by atoms with Gasteiger partial charge in [0.2, 0.25) is 11.8 Å². The molecule has 1 aliphatic rings. The van der Waals surface area contributed by atoms with E-state index in [-0.39, 0.29) is 36.4 Å². The van der Waals surface area contributed by atoms with E-state index in [0.717, 1.165) is 23.5 Å². The second-order valence-electron chi connectivity index (χ2n) is 13.3. The second-order valence-corrected chi connectivity index (χ2v) is 17.0. The molecular weight excluding hydrogens is 807 g/mol. The number of amides is 3. The fraction of sp³-hybridized carbons (Fsp3) is 0.441. The lowest BCUT2D eigenvalue weighted by molar-refractivity contribution is -0.150. The zero-order valence-corrected chi connectivity index (χ0v) is 32.4. The molecule has 4 rings (SSSR count). The number of halogens is 3. The summed E-state index contributed by atoms with van der Waals surface area (Å²) in [4.78, 5) is 86.9. The number of ether oxygens (including phenoxy) is 2. The first-order valence-corrected chi connectivity index (χ1v) is 19.5. The minimum absolute atomic E-state index is 0.0125. The van der Waals surface area contributed by atoms with Crippen LogP contribution in [-0.4, -0.2) is 93.9 Å². The van der Waals surface area contributed by atoms with E-state index in [1.54, 1.807) is 52.0 Å². The summed E-state index contributed by atoms with van der Waals surface area (Å²) in [5.41, 5.74) is -5.99. The Morgan fingerprint density at radius 1 is 1.09 bits per heavy atom. The molecule has 0 saturated carbocycles. The van der Waals surface area contributed by atoms with Gasteiger partial charge in [-0.25, -0.2) is 4.79 Å². The third-order valence-electron chi connectivity index (χ3n) is 8.37. The van der Waals surface area contributed by atoms with E-state index in [9.17, 15) is 42.4 Å². The second kappa shape index (κ2) is 16.7. The first-order valence-electron chi connectivity index (χ1n) is 16.3. The minimum atomic E-state index is -5.84. The van der Waals surface area contributed by atoms with Crippen LogP contribution >= 0.6 is 34.9 Å². The van der Waals surface area contributed by atoms with Gasteiger partial charge in [0.15, 0.2) is 0 Å². The van der Waals surface area contributed by atoms with Crippen LogP contribution in [0.3, 0.4) is 0 Å². The van der Waals surface area contributed by atoms with Crippen LogP contribution in [0.25, 0.3) is 10.1 Å². The first kappa shape index (κ1) is 41.9. The summed E-state index contributed by atoms with van der Waals surface area (Å²) in [5.74, 6) is -3.85. The molecule has 3 aromatic rings. The van der Waals surface area contributed by atoms with Crippen molar-refractivity contribution in [3.63, 3.8) is 0 Å². The molecule has 1 aliphatic heterocycles. The summed E-state index contributed by atoms with van der Waals surface area (Å²) < 4.78 is 52.0. The van der Waals surface area contributed by atoms with Crippen LogP contribution in [0.2, 0.25) is 0 Å². The first-order chi connectivity index (χ1) is 24.6. The van der Waals surface area contributed by atoms with E-state index >= 15 is 0 Å². The van der Waals surface area contributed by atoms with Gasteiger partial charge in [-0.15, -0.1) is 11.3 Å². The molecule has 1 fully saturated rings. The summed E-state index contributed by atoms with van der Waals surface area (Å²) >= 11 is 4.24. The van der Waals surface area contributed by atoms with Gasteiger partial charge in [0.1, 0.15) is 18.7 Å². The number of carbonyl (C=O) groups is 5. The van der Waals surface area contributed by atoms with Crippen LogP contribution in [-0.2, 0) is 38.9 Å². The van der Waals surface area contributed by atoms with E-state index in [4.69, 9.17) is 19.3 Å². The Kier molecular flexibility index (Phi) is 13.2. The standard InChI is InChI=1S/C34H39BrF2N3O11PS/c1-5-50-28(43)18-51-23-16-24(31(45)39(13-12-27(41)42)22-9-7-21(35)8-10-22)40(17-23)32(46)29(33(2,3)4)38-30(44)26-15-19-14-20(6-11-25(19)53-26)34(36,37)52(47,48)49/h6-11,14-15,23-24,29H,5,12-13,16-18H2,1-4H3,(H,38,44)(H,41,42)(H2,47,48,49)/t23-,24-,29?/m0/s1. The Balaban J connectivity index is 1.66. The number of hydrogen-bond acceptors (Lipinski definition) is 9. The third-order valence-corrected chi connectivity index (χ3v) is 11.0. The molecule has 1 aromatic heterocycles. The largest absolute Gasteiger partial charge is 0.481 e. The van der Waals surface area contributed by atoms with Crippen LogP contribution in [0.5, 0.6) is 0 Å². The van der Waals surface area contributed by atoms with Crippen molar-refractivity contribution in [2.24, 2.45) is 5.41 Å². The lowest BCUT2D eigenvalue weighted by Gasteiger charge is -2.36. The Morgan fingerprint density at radius 3 is 2.34 bits per heavy atom. The number of esters is 1. The van der Waals surface area contributed by atoms with Crippen LogP contribution in [0.4, 0.5) is 14.5 Å². The maximum absolute atomic E-state index is 14.5. The molecule has 2 heterocycles. The lowest BCUT2D eigenvalue weighted by atomic mass is 9.85. The number of fused-ring (bicyclic) bond motifs is 1. The summed E-state index contributed by atoms with van der Waals surface area (Å²) in [6.07, 6.45) is -1.28. The normalized spacial score (nSPS) is 17.0. The van der Waals surface area contributed by atoms with Gasteiger partial charge in [-0.3, -0.25) is 23.7 Å². The van der Waals surface area contributed by atoms with E-state index in [2.05, 4.69) is 21.2 Å². The molecule has 2 aromatic carbocycles. The number of nitrogens with one attached hydrogen (secondary N) is 1. The number of thiophene rings is 1. The average molecular weight is 847 g/mol. The Bertz CT molecular complexity index is 1920. The van der Waals surface area contributed by atoms with Crippen molar-refractivity contribution in [3.8, 4) is 0 Å². The van der Waals surface area contributed by atoms with Crippen molar-refractivity contribution < 1.29 is 61.7 Å². The number of anilines is 1. The molecular formula is C34H39BrF2N3O11PS. The van der Waals surface area contributed by atoms with Gasteiger partial charge in [-0.05, 0) is 60.2 Å². The number of carbonyl (C=O) groups excluding carboxylic acids is 4. The highest BCUT2D eigenvalue weighted by atomic mass is 79.9. The molecule has 19 heteroatoms. The Hall–Kier alpha value is -3.80. The number of benzene rings is 2. The highest BCUT2D eigenvalue weighted by molar-refractivity contribution is 9.10. The molecule has 1 saturated heterocycles. The van der Waals surface area contributed by atoms with Gasteiger partial charge in [0.05, 0.1) is 24.0 Å². The fourth-order valence-electron chi connectivity index (χ4n) is 5.69. The molecule has 3 atom stereocenters. The summed E-state index contributed by atoms with van der Waals surface area (Å²) in [7, 11) is -5.84. The zero-order chi connectivity index (χ0) is 39.5. The van der Waals surface area contributed by atoms with E-state index in [1.165, 1.54) is 21.9 Å². The predicted octanol–water partition coefficient (Wildman–Crippen LogP) is 5.09. The SMILES string of the molecule is CCOC(=O)CO[C@H]1C[C@@H](C(=O)N(CCC(=O)O)c2ccc(Br)cc2)N(C(=O)C(NC(=O)c2cc3cc(C(F)(F)P(=O)(O)O)ccc3s2)C(C)(C)C)C1. The fourth-order valence-corrected chi connectivity index (χ4v) is 7.37. The maximum atomic E-state index is 14.5. The molecule has 1 unspecified atom stereocenters. The number of hydrogen-bond donors (Lipinski definition) is 4. The van der Waals surface area contributed by atoms with Crippen molar-refractivity contribution in [2.45, 2.75) is 64.4 Å². The van der Waals surface area contributed by atoms with Crippen LogP contribution < -0.4 is 10.2 Å². The lowest BCUT2D eigenvalue weighted by Crippen LogP contribution is -2.58. The summed E-state index contributed by atoms with van der Waals surface area (Å²) in [6, 6.07) is 8.30. The Labute approximate surface area is 315 Å². The number of aliphatic carboxylic acids is 1. The quantitative estimate of drug-likeness (QED) is 0.124. The molecule has 0 radical (unpaired) electrons. The molecule has 14 nitrogen and oxygen atoms in total. The van der Waals surface area contributed by atoms with Crippen LogP contribution in [0, 0.1) is 5.41 Å². The molecule has 0 spiro atoms. The van der Waals surface area contributed by atoms with Crippen molar-refractivity contribution >= 4 is 80.3 Å². The van der Waals surface area contributed by atoms with E-state index in [0.29, 0.717) is 14.9 Å². The van der Waals surface area contributed by atoms with Gasteiger partial charge in [0.25, 0.3) is 5.91 Å². The molecule has 3 amide bonds. The van der Waals surface area contributed by atoms with E-state index < -0.39 is 85.1 Å². The van der Waals surface area contributed by atoms with Crippen molar-refractivity contribution in [3.05, 3.63) is 63.4 Å². The van der Waals surface area contributed by atoms with Crippen molar-refractivity contribution in [2.75, 3.05) is 31.2 Å². The van der Waals surface area contributed by atoms with Gasteiger partial charge in [0, 0.05) is 39.9 Å². The highest BCUT2D eigenvalue weighted by Crippen LogP contribution is 2.59. The number of rotatable bonds is 14. The molecule has 0 bridgehead atoms. The van der Waals surface area contributed by atoms with Gasteiger partial charge >= 0.3 is 25.2 Å². The number of carboxylic acid groups (broad SMARTS) is 1. The number of carboxylic acids is 1. The zero-order valence-electron chi connectivity index (χ0n) is 29.1. The van der Waals surface area contributed by atoms with Crippen LogP contribution in [0.1, 0.15) is 55.8 Å². The number of alkyl halides is 2. The van der Waals surface area contributed by atoms with Crippen LogP contribution in [0.15, 0.2) is 53.0 Å². The van der Waals surface area contributed by atoms with Gasteiger partial charge in [-0.2, -0.15) is 8.78 Å². The smallest absolute Gasteiger partial charge is 0.399 e. The maximum Gasteiger partial charge on any atom is 0.399 e. The monoisotopic (exact) mass is 845 g/mol. The average Bonchev–Trinajstić information content (AvgIpc) is 3.70. The number of nitrogens with zero attached hydrogens (tertiary/aromatic N) is 2. The Morgan fingerprint density at radius 2 is 1.75 bits per heavy atom. The van der Waals surface area contributed by atoms with Crippen molar-refractivity contribution in [1.82, 2.24) is 10.2 Å². The topological polar surface area (TPSA) is 200 Å². The molecule has 0 aliphatic carbocycles. The number of likely N-dealkylation sites (tertiary alicyclic amines) is 1. The molecule has 4 N–H and O–H groups in total.